The number of urea groups is 2. The number of nitrogens with two attached hydrogens (primary N) is 1. The smallest absolute Gasteiger partial charge is 0.315 e. The van der Waals surface area contributed by atoms with Gasteiger partial charge < -0.3 is 56.0 Å². The maximum atomic E-state index is 12.1. The SMILES string of the molecule is CCCCCC(=O)NCCOCCOCCNC(=O)NCCOCCOCCNC(=O)N[C@@H](C/C(C)=C/C=C(\C)OC)C(N)=O. The fraction of sp³-hybridized carbons (Fsp3) is 0.733. The Kier molecular flexibility index (Phi) is 27.1. The van der Waals surface area contributed by atoms with Crippen molar-refractivity contribution in [3.8, 4) is 0 Å². The van der Waals surface area contributed by atoms with Gasteiger partial charge >= 0.3 is 12.1 Å². The topological polar surface area (TPSA) is 201 Å². The summed E-state index contributed by atoms with van der Waals surface area (Å²) < 4.78 is 26.7. The second-order valence-electron chi connectivity index (χ2n) is 9.99. The first-order valence-electron chi connectivity index (χ1n) is 15.5. The third kappa shape index (κ3) is 27.9. The lowest BCUT2D eigenvalue weighted by Gasteiger charge is -2.16. The third-order valence-electron chi connectivity index (χ3n) is 6.02. The van der Waals surface area contributed by atoms with E-state index in [0.717, 1.165) is 24.8 Å². The minimum absolute atomic E-state index is 0.0536. The molecular weight excluding hydrogens is 588 g/mol. The van der Waals surface area contributed by atoms with Crippen molar-refractivity contribution in [3.63, 3.8) is 0 Å². The average molecular weight is 645 g/mol. The molecule has 0 heterocycles. The maximum absolute atomic E-state index is 12.1. The van der Waals surface area contributed by atoms with E-state index in [9.17, 15) is 19.2 Å². The highest BCUT2D eigenvalue weighted by atomic mass is 16.5. The van der Waals surface area contributed by atoms with Crippen molar-refractivity contribution in [2.24, 2.45) is 5.73 Å². The number of primary amides is 1. The molecule has 15 heteroatoms. The Hall–Kier alpha value is -3.40. The van der Waals surface area contributed by atoms with Gasteiger partial charge in [-0.1, -0.05) is 31.4 Å². The molecule has 45 heavy (non-hydrogen) atoms. The molecule has 0 bridgehead atoms. The van der Waals surface area contributed by atoms with Gasteiger partial charge in [0.1, 0.15) is 6.04 Å². The van der Waals surface area contributed by atoms with Crippen LogP contribution in [0.4, 0.5) is 9.59 Å². The third-order valence-corrected chi connectivity index (χ3v) is 6.02. The number of ether oxygens (including phenoxy) is 5. The highest BCUT2D eigenvalue weighted by Gasteiger charge is 2.18. The number of allylic oxidation sites excluding steroid dienone is 3. The predicted molar refractivity (Wildman–Crippen MR) is 170 cm³/mol. The van der Waals surface area contributed by atoms with Crippen LogP contribution in [0.1, 0.15) is 52.9 Å². The average Bonchev–Trinajstić information content (AvgIpc) is 3.01. The molecule has 0 aliphatic heterocycles. The number of nitrogens with one attached hydrogen (secondary N) is 5. The van der Waals surface area contributed by atoms with Crippen LogP contribution < -0.4 is 32.3 Å². The van der Waals surface area contributed by atoms with Gasteiger partial charge in [0.25, 0.3) is 0 Å². The van der Waals surface area contributed by atoms with E-state index in [4.69, 9.17) is 29.4 Å². The monoisotopic (exact) mass is 644 g/mol. The minimum Gasteiger partial charge on any atom is -0.501 e. The summed E-state index contributed by atoms with van der Waals surface area (Å²) in [5.41, 5.74) is 6.27. The van der Waals surface area contributed by atoms with E-state index in [2.05, 4.69) is 33.5 Å². The van der Waals surface area contributed by atoms with Crippen molar-refractivity contribution in [1.82, 2.24) is 26.6 Å². The van der Waals surface area contributed by atoms with E-state index < -0.39 is 18.0 Å². The largest absolute Gasteiger partial charge is 0.501 e. The standard InChI is InChI=1S/C30H56N6O9/c1-5-6-7-8-27(37)32-11-15-42-19-20-43-16-12-33-29(39)34-13-17-44-21-22-45-18-14-35-30(40)36-26(28(31)38)23-24(2)9-10-25(3)41-4/h9-10,26H,5-8,11-23H2,1-4H3,(H2,31,38)(H,32,37)(H2,33,34,39)(H2,35,36,40)/b24-9+,25-10+/t26-/m0/s1. The Labute approximate surface area is 267 Å². The molecule has 260 valence electrons. The van der Waals surface area contributed by atoms with Gasteiger partial charge in [-0.2, -0.15) is 0 Å². The van der Waals surface area contributed by atoms with E-state index >= 15 is 0 Å². The Bertz CT molecular complexity index is 886. The lowest BCUT2D eigenvalue weighted by molar-refractivity contribution is -0.121. The Balaban J connectivity index is 3.63. The van der Waals surface area contributed by atoms with Gasteiger partial charge in [0.15, 0.2) is 0 Å². The van der Waals surface area contributed by atoms with Gasteiger partial charge in [0.05, 0.1) is 65.7 Å². The van der Waals surface area contributed by atoms with Crippen LogP contribution in [-0.2, 0) is 33.3 Å². The molecule has 0 saturated carbocycles. The quantitative estimate of drug-likeness (QED) is 0.0410. The highest BCUT2D eigenvalue weighted by Crippen LogP contribution is 2.06. The molecule has 1 atom stereocenters. The number of unbranched alkanes of at least 4 members (excludes halogenated alkanes) is 2. The van der Waals surface area contributed by atoms with Crippen LogP contribution in [0.5, 0.6) is 0 Å². The zero-order valence-corrected chi connectivity index (χ0v) is 27.5. The van der Waals surface area contributed by atoms with E-state index in [1.54, 1.807) is 26.2 Å². The van der Waals surface area contributed by atoms with Crippen LogP contribution in [0, 0.1) is 0 Å². The van der Waals surface area contributed by atoms with E-state index in [1.807, 2.05) is 6.92 Å². The minimum atomic E-state index is -0.848. The van der Waals surface area contributed by atoms with E-state index in [-0.39, 0.29) is 31.5 Å². The first-order chi connectivity index (χ1) is 21.7. The van der Waals surface area contributed by atoms with Crippen molar-refractivity contribution in [2.45, 2.75) is 58.9 Å². The van der Waals surface area contributed by atoms with E-state index in [0.29, 0.717) is 78.1 Å². The fourth-order valence-electron chi connectivity index (χ4n) is 3.45. The number of methoxy groups -OCH3 is 1. The molecule has 0 saturated heterocycles. The van der Waals surface area contributed by atoms with Crippen LogP contribution in [0.3, 0.4) is 0 Å². The van der Waals surface area contributed by atoms with Gasteiger partial charge in [-0.05, 0) is 32.8 Å². The van der Waals surface area contributed by atoms with Gasteiger partial charge in [-0.3, -0.25) is 9.59 Å². The number of carbonyl (C=O) groups excluding carboxylic acids is 4. The van der Waals surface area contributed by atoms with Crippen molar-refractivity contribution in [2.75, 3.05) is 86.1 Å². The molecule has 0 aliphatic rings. The maximum Gasteiger partial charge on any atom is 0.315 e. The van der Waals surface area contributed by atoms with Crippen molar-refractivity contribution in [1.29, 1.82) is 0 Å². The van der Waals surface area contributed by atoms with Crippen LogP contribution in [0.2, 0.25) is 0 Å². The predicted octanol–water partition coefficient (Wildman–Crippen LogP) is 1.09. The van der Waals surface area contributed by atoms with Crippen LogP contribution >= 0.6 is 0 Å². The number of carbonyl (C=O) groups is 4. The Morgan fingerprint density at radius 3 is 1.64 bits per heavy atom. The molecule has 0 aromatic carbocycles. The number of rotatable bonds is 28. The lowest BCUT2D eigenvalue weighted by atomic mass is 10.1. The van der Waals surface area contributed by atoms with E-state index in [1.165, 1.54) is 0 Å². The molecule has 15 nitrogen and oxygen atoms in total. The zero-order valence-electron chi connectivity index (χ0n) is 27.5. The Morgan fingerprint density at radius 1 is 0.689 bits per heavy atom. The van der Waals surface area contributed by atoms with Crippen LogP contribution in [0.25, 0.3) is 0 Å². The summed E-state index contributed by atoms with van der Waals surface area (Å²) in [6, 6.07) is -1.69. The number of hydrogen-bond acceptors (Lipinski definition) is 9. The van der Waals surface area contributed by atoms with Crippen molar-refractivity contribution >= 4 is 23.9 Å². The van der Waals surface area contributed by atoms with Gasteiger partial charge in [0, 0.05) is 32.6 Å². The molecular formula is C30H56N6O9. The molecule has 6 amide bonds. The van der Waals surface area contributed by atoms with Crippen LogP contribution in [-0.4, -0.2) is 116 Å². The zero-order chi connectivity index (χ0) is 33.5. The van der Waals surface area contributed by atoms with Crippen molar-refractivity contribution < 1.29 is 42.9 Å². The second kappa shape index (κ2) is 29.3. The summed E-state index contributed by atoms with van der Waals surface area (Å²) in [5.74, 6) is 0.133. The van der Waals surface area contributed by atoms with Crippen LogP contribution in [0.15, 0.2) is 23.5 Å². The Morgan fingerprint density at radius 2 is 1.18 bits per heavy atom. The molecule has 0 spiro atoms. The summed E-state index contributed by atoms with van der Waals surface area (Å²) in [4.78, 5) is 47.2. The van der Waals surface area contributed by atoms with Gasteiger partial charge in [0.2, 0.25) is 11.8 Å². The molecule has 0 aromatic heterocycles. The second-order valence-corrected chi connectivity index (χ2v) is 9.99. The fourth-order valence-corrected chi connectivity index (χ4v) is 3.45. The number of hydrogen-bond donors (Lipinski definition) is 6. The summed E-state index contributed by atoms with van der Waals surface area (Å²) in [6.07, 6.45) is 7.46. The molecule has 7 N–H and O–H groups in total. The molecule has 0 rings (SSSR count). The molecule has 0 unspecified atom stereocenters. The van der Waals surface area contributed by atoms with Crippen molar-refractivity contribution in [3.05, 3.63) is 23.5 Å². The van der Waals surface area contributed by atoms with Gasteiger partial charge in [-0.15, -0.1) is 0 Å². The molecule has 0 radical (unpaired) electrons. The molecule has 0 aromatic rings. The first-order valence-corrected chi connectivity index (χ1v) is 15.5. The first kappa shape index (κ1) is 41.6. The molecule has 0 aliphatic carbocycles. The normalized spacial score (nSPS) is 12.3. The highest BCUT2D eigenvalue weighted by molar-refractivity contribution is 5.86. The van der Waals surface area contributed by atoms with Gasteiger partial charge in [-0.25, -0.2) is 9.59 Å². The summed E-state index contributed by atoms with van der Waals surface area (Å²) in [7, 11) is 1.56. The lowest BCUT2D eigenvalue weighted by Crippen LogP contribution is -2.49. The molecule has 0 fully saturated rings. The summed E-state index contributed by atoms with van der Waals surface area (Å²) >= 11 is 0. The summed E-state index contributed by atoms with van der Waals surface area (Å²) in [5, 5.41) is 13.4. The summed E-state index contributed by atoms with van der Waals surface area (Å²) in [6.45, 7) is 9.93. The number of amides is 6.